The van der Waals surface area contributed by atoms with Gasteiger partial charge in [-0.3, -0.25) is 9.89 Å². The fourth-order valence-corrected chi connectivity index (χ4v) is 5.52. The maximum atomic E-state index is 4.42. The van der Waals surface area contributed by atoms with E-state index in [1.54, 1.807) is 0 Å². The highest BCUT2D eigenvalue weighted by atomic mass is 127. The highest BCUT2D eigenvalue weighted by Gasteiger charge is 2.31. The van der Waals surface area contributed by atoms with Crippen LogP contribution >= 0.6 is 46.7 Å². The van der Waals surface area contributed by atoms with Gasteiger partial charge in [0.25, 0.3) is 0 Å². The number of rotatable bonds is 6. The molecule has 1 aliphatic heterocycles. The molecule has 3 rings (SSSR count). The third-order valence-electron chi connectivity index (χ3n) is 5.20. The van der Waals surface area contributed by atoms with E-state index in [2.05, 4.69) is 69.5 Å². The van der Waals surface area contributed by atoms with Gasteiger partial charge in [-0.25, -0.2) is 0 Å². The first-order valence-corrected chi connectivity index (χ1v) is 11.2. The third-order valence-corrected chi connectivity index (χ3v) is 7.25. The van der Waals surface area contributed by atoms with Crippen molar-refractivity contribution in [2.75, 3.05) is 33.7 Å². The van der Waals surface area contributed by atoms with Crippen LogP contribution in [0.2, 0.25) is 0 Å². The van der Waals surface area contributed by atoms with Crippen LogP contribution in [0.5, 0.6) is 0 Å². The second-order valence-electron chi connectivity index (χ2n) is 7.09. The lowest BCUT2D eigenvalue weighted by molar-refractivity contribution is 0.125. The summed E-state index contributed by atoms with van der Waals surface area (Å²) in [5.41, 5.74) is 0. The normalized spacial score (nSPS) is 22.1. The Kier molecular flexibility index (Phi) is 9.55. The van der Waals surface area contributed by atoms with E-state index in [9.17, 15) is 0 Å². The van der Waals surface area contributed by atoms with E-state index in [1.807, 2.05) is 29.7 Å². The predicted molar refractivity (Wildman–Crippen MR) is 130 cm³/mol. The standard InChI is InChI=1S/C20H30N4S2.HI/c1-15(17-8-5-11-25-17)13-22-20(21-2)23-14-16-7-4-10-24(3)19(16)18-9-6-12-26-18;/h5-6,8-9,11-12,15-16,19H,4,7,10,13-14H2,1-3H3,(H2,21,22,23);1H. The molecule has 1 aliphatic rings. The summed E-state index contributed by atoms with van der Waals surface area (Å²) in [5, 5.41) is 11.4. The van der Waals surface area contributed by atoms with E-state index in [4.69, 9.17) is 0 Å². The smallest absolute Gasteiger partial charge is 0.191 e. The zero-order valence-corrected chi connectivity index (χ0v) is 20.3. The zero-order chi connectivity index (χ0) is 18.4. The summed E-state index contributed by atoms with van der Waals surface area (Å²) in [6.45, 7) is 5.30. The van der Waals surface area contributed by atoms with E-state index in [0.717, 1.165) is 19.0 Å². The molecule has 3 heterocycles. The summed E-state index contributed by atoms with van der Waals surface area (Å²) in [6.07, 6.45) is 2.54. The molecule has 0 amide bonds. The molecule has 0 saturated carbocycles. The van der Waals surface area contributed by atoms with E-state index in [-0.39, 0.29) is 24.0 Å². The first-order chi connectivity index (χ1) is 12.7. The summed E-state index contributed by atoms with van der Waals surface area (Å²) < 4.78 is 0. The van der Waals surface area contributed by atoms with Crippen molar-refractivity contribution in [2.24, 2.45) is 10.9 Å². The summed E-state index contributed by atoms with van der Waals surface area (Å²) in [4.78, 5) is 9.83. The minimum Gasteiger partial charge on any atom is -0.356 e. The Hall–Kier alpha value is -0.640. The number of aliphatic imine (C=N–C) groups is 1. The number of likely N-dealkylation sites (tertiary alicyclic amines) is 1. The Labute approximate surface area is 188 Å². The van der Waals surface area contributed by atoms with Gasteiger partial charge in [-0.15, -0.1) is 46.7 Å². The van der Waals surface area contributed by atoms with Gasteiger partial charge in [0, 0.05) is 41.9 Å². The lowest BCUT2D eigenvalue weighted by Crippen LogP contribution is -2.45. The van der Waals surface area contributed by atoms with Crippen molar-refractivity contribution >= 4 is 52.6 Å². The van der Waals surface area contributed by atoms with Crippen LogP contribution in [0.25, 0.3) is 0 Å². The molecule has 3 atom stereocenters. The number of hydrogen-bond donors (Lipinski definition) is 2. The summed E-state index contributed by atoms with van der Waals surface area (Å²) in [7, 11) is 4.11. The number of piperidine rings is 1. The zero-order valence-electron chi connectivity index (χ0n) is 16.4. The molecule has 0 aliphatic carbocycles. The lowest BCUT2D eigenvalue weighted by Gasteiger charge is -2.39. The van der Waals surface area contributed by atoms with Crippen molar-refractivity contribution in [2.45, 2.75) is 31.7 Å². The van der Waals surface area contributed by atoms with Gasteiger partial charge in [-0.05, 0) is 55.2 Å². The van der Waals surface area contributed by atoms with Crippen LogP contribution in [0.1, 0.15) is 41.5 Å². The molecular formula is C20H31IN4S2. The van der Waals surface area contributed by atoms with Crippen molar-refractivity contribution in [1.29, 1.82) is 0 Å². The lowest BCUT2D eigenvalue weighted by atomic mass is 9.88. The minimum absolute atomic E-state index is 0. The van der Waals surface area contributed by atoms with Crippen molar-refractivity contribution in [3.63, 3.8) is 0 Å². The quantitative estimate of drug-likeness (QED) is 0.329. The highest BCUT2D eigenvalue weighted by Crippen LogP contribution is 2.36. The van der Waals surface area contributed by atoms with Crippen LogP contribution in [0.15, 0.2) is 40.0 Å². The first-order valence-electron chi connectivity index (χ1n) is 9.40. The summed E-state index contributed by atoms with van der Waals surface area (Å²) in [6, 6.07) is 9.28. The van der Waals surface area contributed by atoms with Crippen molar-refractivity contribution in [3.05, 3.63) is 44.8 Å². The molecule has 0 bridgehead atoms. The molecule has 2 N–H and O–H groups in total. The monoisotopic (exact) mass is 518 g/mol. The summed E-state index contributed by atoms with van der Waals surface area (Å²) in [5.74, 6) is 2.01. The average Bonchev–Trinajstić information content (AvgIpc) is 3.35. The Morgan fingerprint density at radius 3 is 2.70 bits per heavy atom. The third kappa shape index (κ3) is 6.17. The van der Waals surface area contributed by atoms with Crippen molar-refractivity contribution in [1.82, 2.24) is 15.5 Å². The van der Waals surface area contributed by atoms with Crippen LogP contribution in [0.4, 0.5) is 0 Å². The van der Waals surface area contributed by atoms with Gasteiger partial charge in [-0.1, -0.05) is 19.1 Å². The van der Waals surface area contributed by atoms with Gasteiger partial charge < -0.3 is 10.6 Å². The molecule has 150 valence electrons. The number of nitrogens with one attached hydrogen (secondary N) is 2. The number of hydrogen-bond acceptors (Lipinski definition) is 4. The number of nitrogens with zero attached hydrogens (tertiary/aromatic N) is 2. The second-order valence-corrected chi connectivity index (χ2v) is 9.05. The van der Waals surface area contributed by atoms with Gasteiger partial charge in [0.2, 0.25) is 0 Å². The SMILES string of the molecule is CN=C(NCC(C)c1cccs1)NCC1CCCN(C)C1c1cccs1.I. The van der Waals surface area contributed by atoms with Crippen LogP contribution in [0.3, 0.4) is 0 Å². The number of guanidine groups is 1. The van der Waals surface area contributed by atoms with E-state index >= 15 is 0 Å². The minimum atomic E-state index is 0. The van der Waals surface area contributed by atoms with Gasteiger partial charge in [-0.2, -0.15) is 0 Å². The van der Waals surface area contributed by atoms with Crippen molar-refractivity contribution < 1.29 is 0 Å². The molecule has 1 fully saturated rings. The van der Waals surface area contributed by atoms with Crippen LogP contribution in [-0.4, -0.2) is 44.6 Å². The molecule has 0 aromatic carbocycles. The number of thiophene rings is 2. The van der Waals surface area contributed by atoms with Gasteiger partial charge in [0.05, 0.1) is 0 Å². The molecule has 0 spiro atoms. The molecular weight excluding hydrogens is 487 g/mol. The maximum absolute atomic E-state index is 4.42. The molecule has 2 aromatic heterocycles. The van der Waals surface area contributed by atoms with Gasteiger partial charge in [0.15, 0.2) is 5.96 Å². The van der Waals surface area contributed by atoms with E-state index in [1.165, 1.54) is 29.1 Å². The predicted octanol–water partition coefficient (Wildman–Crippen LogP) is 4.78. The molecule has 0 radical (unpaired) electrons. The highest BCUT2D eigenvalue weighted by molar-refractivity contribution is 14.0. The Balaban J connectivity index is 0.00000261. The van der Waals surface area contributed by atoms with E-state index in [0.29, 0.717) is 17.9 Å². The Morgan fingerprint density at radius 1 is 1.26 bits per heavy atom. The fourth-order valence-electron chi connectivity index (χ4n) is 3.75. The molecule has 1 saturated heterocycles. The van der Waals surface area contributed by atoms with Gasteiger partial charge in [0.1, 0.15) is 0 Å². The first kappa shape index (κ1) is 22.6. The molecule has 27 heavy (non-hydrogen) atoms. The number of halogens is 1. The summed E-state index contributed by atoms with van der Waals surface area (Å²) >= 11 is 3.70. The average molecular weight is 519 g/mol. The van der Waals surface area contributed by atoms with Gasteiger partial charge >= 0.3 is 0 Å². The van der Waals surface area contributed by atoms with E-state index < -0.39 is 0 Å². The molecule has 7 heteroatoms. The maximum Gasteiger partial charge on any atom is 0.191 e. The molecule has 3 unspecified atom stereocenters. The van der Waals surface area contributed by atoms with Crippen LogP contribution < -0.4 is 10.6 Å². The van der Waals surface area contributed by atoms with Crippen LogP contribution in [0, 0.1) is 5.92 Å². The second kappa shape index (κ2) is 11.4. The molecule has 4 nitrogen and oxygen atoms in total. The largest absolute Gasteiger partial charge is 0.356 e. The molecule has 2 aromatic rings. The topological polar surface area (TPSA) is 39.7 Å². The van der Waals surface area contributed by atoms with Crippen LogP contribution in [-0.2, 0) is 0 Å². The Bertz CT molecular complexity index is 672. The Morgan fingerprint density at radius 2 is 2.04 bits per heavy atom. The van der Waals surface area contributed by atoms with Crippen molar-refractivity contribution in [3.8, 4) is 0 Å². The fraction of sp³-hybridized carbons (Fsp3) is 0.550.